The molecule has 0 unspecified atom stereocenters. The third-order valence-electron chi connectivity index (χ3n) is 11.0. The van der Waals surface area contributed by atoms with Gasteiger partial charge in [0.2, 0.25) is 0 Å². The molecule has 0 fully saturated rings. The molecule has 260 valence electrons. The second-order valence-electron chi connectivity index (χ2n) is 14.3. The molecule has 3 heterocycles. The van der Waals surface area contributed by atoms with Crippen LogP contribution in [-0.4, -0.2) is 19.9 Å². The van der Waals surface area contributed by atoms with Gasteiger partial charge in [-0.3, -0.25) is 9.97 Å². The molecule has 3 aromatic heterocycles. The van der Waals surface area contributed by atoms with Gasteiger partial charge >= 0.3 is 0 Å². The summed E-state index contributed by atoms with van der Waals surface area (Å²) < 4.78 is 0. The number of hydrogen-bond acceptors (Lipinski definition) is 4. The van der Waals surface area contributed by atoms with Crippen molar-refractivity contribution in [3.63, 3.8) is 0 Å². The molecule has 0 saturated carbocycles. The Labute approximate surface area is 323 Å². The van der Waals surface area contributed by atoms with Crippen molar-refractivity contribution in [2.45, 2.75) is 0 Å². The van der Waals surface area contributed by atoms with Crippen LogP contribution in [0.2, 0.25) is 0 Å². The van der Waals surface area contributed by atoms with Crippen molar-refractivity contribution in [2.24, 2.45) is 0 Å². The quantitative estimate of drug-likeness (QED) is 0.161. The largest absolute Gasteiger partial charge is 0.264 e. The van der Waals surface area contributed by atoms with Crippen molar-refractivity contribution in [2.75, 3.05) is 0 Å². The van der Waals surface area contributed by atoms with Crippen LogP contribution >= 0.6 is 0 Å². The van der Waals surface area contributed by atoms with E-state index in [0.29, 0.717) is 5.82 Å². The zero-order valence-corrected chi connectivity index (χ0v) is 30.3. The molecular weight excluding hydrogens is 681 g/mol. The number of pyridine rings is 2. The predicted molar refractivity (Wildman–Crippen MR) is 231 cm³/mol. The van der Waals surface area contributed by atoms with E-state index in [1.807, 2.05) is 36.7 Å². The highest BCUT2D eigenvalue weighted by atomic mass is 14.9. The Bertz CT molecular complexity index is 3230. The zero-order valence-electron chi connectivity index (χ0n) is 30.3. The highest BCUT2D eigenvalue weighted by Crippen LogP contribution is 2.43. The van der Waals surface area contributed by atoms with Gasteiger partial charge in [0.05, 0.1) is 16.9 Å². The van der Waals surface area contributed by atoms with Gasteiger partial charge in [0, 0.05) is 40.7 Å². The van der Waals surface area contributed by atoms with E-state index in [0.717, 1.165) is 55.7 Å². The van der Waals surface area contributed by atoms with Gasteiger partial charge in [0.25, 0.3) is 0 Å². The highest BCUT2D eigenvalue weighted by Gasteiger charge is 2.17. The average Bonchev–Trinajstić information content (AvgIpc) is 3.28. The summed E-state index contributed by atoms with van der Waals surface area (Å²) in [4.78, 5) is 19.4. The molecule has 11 aromatic rings. The normalized spacial score (nSPS) is 11.6. The molecule has 0 amide bonds. The molecule has 0 aliphatic carbocycles. The molecule has 0 atom stereocenters. The summed E-state index contributed by atoms with van der Waals surface area (Å²) in [7, 11) is 0. The van der Waals surface area contributed by atoms with Crippen LogP contribution in [0, 0.1) is 0 Å². The van der Waals surface area contributed by atoms with Crippen molar-refractivity contribution in [1.29, 1.82) is 0 Å². The van der Waals surface area contributed by atoms with Gasteiger partial charge in [-0.1, -0.05) is 146 Å². The Morgan fingerprint density at radius 1 is 0.339 bits per heavy atom. The van der Waals surface area contributed by atoms with Crippen LogP contribution in [0.15, 0.2) is 195 Å². The number of fused-ring (bicyclic) bond motifs is 1. The number of aromatic nitrogens is 4. The van der Waals surface area contributed by atoms with Gasteiger partial charge < -0.3 is 0 Å². The van der Waals surface area contributed by atoms with Crippen LogP contribution in [0.4, 0.5) is 0 Å². The summed E-state index contributed by atoms with van der Waals surface area (Å²) in [6, 6.07) is 62.5. The summed E-state index contributed by atoms with van der Waals surface area (Å²) in [6.07, 6.45) is 5.56. The van der Waals surface area contributed by atoms with Crippen molar-refractivity contribution >= 4 is 43.2 Å². The fraction of sp³-hybridized carbons (Fsp3) is 0. The topological polar surface area (TPSA) is 51.6 Å². The maximum atomic E-state index is 5.21. The van der Waals surface area contributed by atoms with Gasteiger partial charge in [0.1, 0.15) is 0 Å². The first-order chi connectivity index (χ1) is 27.7. The van der Waals surface area contributed by atoms with E-state index in [2.05, 4.69) is 157 Å². The number of benzene rings is 8. The van der Waals surface area contributed by atoms with E-state index in [1.165, 1.54) is 49.0 Å². The van der Waals surface area contributed by atoms with E-state index in [1.54, 1.807) is 6.20 Å². The molecule has 0 N–H and O–H groups in total. The first-order valence-corrected chi connectivity index (χ1v) is 18.9. The van der Waals surface area contributed by atoms with Gasteiger partial charge in [-0.05, 0) is 96.0 Å². The van der Waals surface area contributed by atoms with E-state index >= 15 is 0 Å². The second-order valence-corrected chi connectivity index (χ2v) is 14.3. The molecule has 0 radical (unpaired) electrons. The second kappa shape index (κ2) is 13.1. The van der Waals surface area contributed by atoms with Crippen molar-refractivity contribution in [3.8, 4) is 67.3 Å². The standard InChI is InChI=1S/C52H32N4/c1-2-8-34(9-3-1)43-23-19-36-22-26-46-44(24-20-37-21-25-45(43)50(36)51(37)46)38-11-6-12-40(28-38)49-30-48(35-17-15-33(16-18-35)41-13-7-27-53-31-41)55-52(56-49)42-29-39-10-4-5-14-47(39)54-32-42/h1-32H. The molecule has 0 saturated heterocycles. The minimum atomic E-state index is 0.634. The Balaban J connectivity index is 1.06. The Morgan fingerprint density at radius 3 is 1.71 bits per heavy atom. The SMILES string of the molecule is c1ccc(-c2ccc3ccc4c(-c5cccc(-c6cc(-c7ccc(-c8cccnc8)cc7)nc(-c7cnc8ccccc8c7)n6)c5)ccc5ccc2c3c54)cc1. The van der Waals surface area contributed by atoms with Gasteiger partial charge in [-0.15, -0.1) is 0 Å². The molecule has 0 aliphatic heterocycles. The molecule has 11 rings (SSSR count). The number of para-hydroxylation sites is 1. The van der Waals surface area contributed by atoms with Crippen LogP contribution in [0.3, 0.4) is 0 Å². The molecule has 0 bridgehead atoms. The van der Waals surface area contributed by atoms with Crippen LogP contribution in [-0.2, 0) is 0 Å². The first-order valence-electron chi connectivity index (χ1n) is 18.9. The molecular formula is C52H32N4. The molecule has 0 aliphatic rings. The average molecular weight is 713 g/mol. The fourth-order valence-electron chi connectivity index (χ4n) is 8.20. The fourth-order valence-corrected chi connectivity index (χ4v) is 8.20. The van der Waals surface area contributed by atoms with E-state index < -0.39 is 0 Å². The molecule has 4 heteroatoms. The Morgan fingerprint density at radius 2 is 0.964 bits per heavy atom. The minimum Gasteiger partial charge on any atom is -0.264 e. The van der Waals surface area contributed by atoms with Gasteiger partial charge in [-0.2, -0.15) is 0 Å². The van der Waals surface area contributed by atoms with E-state index in [-0.39, 0.29) is 0 Å². The minimum absolute atomic E-state index is 0.634. The van der Waals surface area contributed by atoms with E-state index in [4.69, 9.17) is 15.0 Å². The van der Waals surface area contributed by atoms with Gasteiger partial charge in [-0.25, -0.2) is 9.97 Å². The lowest BCUT2D eigenvalue weighted by Crippen LogP contribution is -1.97. The first kappa shape index (κ1) is 31.9. The van der Waals surface area contributed by atoms with Gasteiger partial charge in [0.15, 0.2) is 5.82 Å². The monoisotopic (exact) mass is 712 g/mol. The van der Waals surface area contributed by atoms with Crippen molar-refractivity contribution < 1.29 is 0 Å². The maximum absolute atomic E-state index is 5.21. The summed E-state index contributed by atoms with van der Waals surface area (Å²) in [5.41, 5.74) is 12.5. The molecule has 4 nitrogen and oxygen atoms in total. The van der Waals surface area contributed by atoms with Crippen LogP contribution in [0.1, 0.15) is 0 Å². The number of nitrogens with zero attached hydrogens (tertiary/aromatic N) is 4. The Hall–Kier alpha value is -7.56. The third kappa shape index (κ3) is 5.47. The molecule has 8 aromatic carbocycles. The summed E-state index contributed by atoms with van der Waals surface area (Å²) in [5, 5.41) is 8.66. The van der Waals surface area contributed by atoms with Crippen molar-refractivity contribution in [1.82, 2.24) is 19.9 Å². The smallest absolute Gasteiger partial charge is 0.161 e. The zero-order chi connectivity index (χ0) is 37.0. The van der Waals surface area contributed by atoms with Crippen LogP contribution in [0.25, 0.3) is 111 Å². The lowest BCUT2D eigenvalue weighted by molar-refractivity contribution is 1.18. The lowest BCUT2D eigenvalue weighted by atomic mass is 9.87. The van der Waals surface area contributed by atoms with Crippen LogP contribution in [0.5, 0.6) is 0 Å². The summed E-state index contributed by atoms with van der Waals surface area (Å²) in [5.74, 6) is 0.634. The summed E-state index contributed by atoms with van der Waals surface area (Å²) >= 11 is 0. The number of rotatable bonds is 6. The van der Waals surface area contributed by atoms with Crippen LogP contribution < -0.4 is 0 Å². The lowest BCUT2D eigenvalue weighted by Gasteiger charge is -2.17. The maximum Gasteiger partial charge on any atom is 0.161 e. The van der Waals surface area contributed by atoms with E-state index in [9.17, 15) is 0 Å². The third-order valence-corrected chi connectivity index (χ3v) is 11.0. The molecule has 0 spiro atoms. The highest BCUT2D eigenvalue weighted by molar-refractivity contribution is 6.27. The number of hydrogen-bond donors (Lipinski definition) is 0. The summed E-state index contributed by atoms with van der Waals surface area (Å²) in [6.45, 7) is 0. The molecule has 56 heavy (non-hydrogen) atoms. The Kier molecular flexibility index (Phi) is 7.46. The predicted octanol–water partition coefficient (Wildman–Crippen LogP) is 13.3. The van der Waals surface area contributed by atoms with Crippen molar-refractivity contribution in [3.05, 3.63) is 195 Å².